The lowest BCUT2D eigenvalue weighted by atomic mass is 9.70. The number of carbonyl (C=O) groups excluding carboxylic acids is 3. The van der Waals surface area contributed by atoms with E-state index in [-0.39, 0.29) is 41.8 Å². The molecule has 3 aromatic carbocycles. The van der Waals surface area contributed by atoms with E-state index in [1.165, 1.54) is 0 Å². The molecule has 55 heavy (non-hydrogen) atoms. The zero-order valence-electron chi connectivity index (χ0n) is 31.7. The number of hydrogen-bond donors (Lipinski definition) is 2. The number of phenols is 1. The fraction of sp³-hybridized carbons (Fsp3) is 0.512. The molecule has 3 fully saturated rings. The molecule has 9 rings (SSSR count). The molecule has 0 unspecified atom stereocenters. The van der Waals surface area contributed by atoms with Crippen molar-refractivity contribution in [3.05, 3.63) is 76.1 Å². The number of halogens is 1. The number of carbonyl (C=O) groups is 3. The van der Waals surface area contributed by atoms with E-state index in [1.807, 2.05) is 30.3 Å². The second-order valence-electron chi connectivity index (χ2n) is 16.3. The van der Waals surface area contributed by atoms with Gasteiger partial charge in [0.25, 0.3) is 5.91 Å². The highest BCUT2D eigenvalue weighted by Crippen LogP contribution is 2.47. The number of rotatable bonds is 7. The standard InChI is InChI=1S/C43H50FN5O6/c1-3-26-4-5-27-18-29(50)6-7-30(27)40(26)32-19-38(54-2)37(20-34(32)44)47-14-12-25(13-15-47)21-46-16-17-48-28(22-46)24-55-41-33-23-49(36-10-11-39(51)45-42(36)52)43(53)31(33)8-9-35(41)48/h6-9,18-20,25-26,28,36,40,50H,3-5,10-17,21-24H2,1-2H3,(H,45,51,52)/t26-,28+,36-,40-/m0/s1. The van der Waals surface area contributed by atoms with Crippen molar-refractivity contribution >= 4 is 29.1 Å². The third-order valence-electron chi connectivity index (χ3n) is 13.3. The summed E-state index contributed by atoms with van der Waals surface area (Å²) >= 11 is 0. The van der Waals surface area contributed by atoms with Gasteiger partial charge in [0.2, 0.25) is 11.8 Å². The van der Waals surface area contributed by atoms with Crippen molar-refractivity contribution in [1.82, 2.24) is 15.1 Å². The zero-order valence-corrected chi connectivity index (χ0v) is 31.7. The Bertz CT molecular complexity index is 2030. The molecule has 5 aliphatic heterocycles. The van der Waals surface area contributed by atoms with Gasteiger partial charge in [0, 0.05) is 68.8 Å². The highest BCUT2D eigenvalue weighted by molar-refractivity contribution is 6.06. The number of piperazine rings is 1. The number of phenolic OH excluding ortho intramolecular Hbond substituents is 1. The number of nitrogens with zero attached hydrogens (tertiary/aromatic N) is 4. The maximum Gasteiger partial charge on any atom is 0.255 e. The second kappa shape index (κ2) is 14.3. The maximum absolute atomic E-state index is 16.2. The van der Waals surface area contributed by atoms with Crippen molar-refractivity contribution in [1.29, 1.82) is 0 Å². The van der Waals surface area contributed by atoms with Crippen LogP contribution in [0.15, 0.2) is 42.5 Å². The van der Waals surface area contributed by atoms with E-state index in [0.717, 1.165) is 105 Å². The number of imide groups is 1. The Morgan fingerprint density at radius 2 is 1.76 bits per heavy atom. The van der Waals surface area contributed by atoms with Crippen LogP contribution in [0, 0.1) is 17.7 Å². The van der Waals surface area contributed by atoms with Crippen LogP contribution in [0.5, 0.6) is 17.2 Å². The molecule has 0 radical (unpaired) electrons. The highest BCUT2D eigenvalue weighted by Gasteiger charge is 2.43. The summed E-state index contributed by atoms with van der Waals surface area (Å²) < 4.78 is 28.6. The van der Waals surface area contributed by atoms with Gasteiger partial charge in [-0.1, -0.05) is 19.4 Å². The van der Waals surface area contributed by atoms with Crippen LogP contribution in [0.1, 0.15) is 84.0 Å². The fourth-order valence-corrected chi connectivity index (χ4v) is 10.4. The van der Waals surface area contributed by atoms with Crippen LogP contribution in [0.2, 0.25) is 0 Å². The van der Waals surface area contributed by atoms with Crippen LogP contribution in [0.3, 0.4) is 0 Å². The Morgan fingerprint density at radius 1 is 0.927 bits per heavy atom. The minimum atomic E-state index is -0.653. The van der Waals surface area contributed by atoms with E-state index in [4.69, 9.17) is 9.47 Å². The molecule has 3 amide bonds. The quantitative estimate of drug-likeness (QED) is 0.315. The van der Waals surface area contributed by atoms with Crippen LogP contribution >= 0.6 is 0 Å². The molecule has 0 bridgehead atoms. The molecule has 2 N–H and O–H groups in total. The average molecular weight is 752 g/mol. The van der Waals surface area contributed by atoms with Crippen molar-refractivity contribution in [2.75, 3.05) is 62.8 Å². The number of hydrogen-bond acceptors (Lipinski definition) is 9. The SMILES string of the molecule is CC[C@H]1CCc2cc(O)ccc2[C@H]1c1cc(OC)c(N2CCC(CN3CCN4c5ccc6c(c5OC[C@H]4C3)CN([C@H]3CCC(=O)NC3=O)C6=O)CC2)cc1F. The van der Waals surface area contributed by atoms with Crippen LogP contribution < -0.4 is 24.6 Å². The number of fused-ring (bicyclic) bond motifs is 6. The third-order valence-corrected chi connectivity index (χ3v) is 13.3. The summed E-state index contributed by atoms with van der Waals surface area (Å²) in [6.45, 7) is 8.36. The molecule has 0 saturated carbocycles. The van der Waals surface area contributed by atoms with Gasteiger partial charge in [-0.05, 0) is 91.0 Å². The van der Waals surface area contributed by atoms with Gasteiger partial charge in [-0.25, -0.2) is 4.39 Å². The minimum Gasteiger partial charge on any atom is -0.508 e. The molecule has 1 aliphatic carbocycles. The largest absolute Gasteiger partial charge is 0.508 e. The first kappa shape index (κ1) is 35.8. The molecule has 0 aromatic heterocycles. The molecular weight excluding hydrogens is 702 g/mol. The van der Waals surface area contributed by atoms with Crippen LogP contribution in [-0.4, -0.2) is 97.7 Å². The Kier molecular flexibility index (Phi) is 9.35. The minimum absolute atomic E-state index is 0.0769. The molecular formula is C43H50FN5O6. The van der Waals surface area contributed by atoms with Gasteiger partial charge in [0.05, 0.1) is 31.1 Å². The lowest BCUT2D eigenvalue weighted by molar-refractivity contribution is -0.136. The second-order valence-corrected chi connectivity index (χ2v) is 16.3. The molecule has 3 aromatic rings. The normalized spacial score (nSPS) is 25.5. The number of anilines is 2. The molecule has 3 saturated heterocycles. The lowest BCUT2D eigenvalue weighted by Gasteiger charge is -2.47. The highest BCUT2D eigenvalue weighted by atomic mass is 19.1. The fourth-order valence-electron chi connectivity index (χ4n) is 10.4. The van der Waals surface area contributed by atoms with Gasteiger partial charge < -0.3 is 29.3 Å². The summed E-state index contributed by atoms with van der Waals surface area (Å²) in [7, 11) is 1.67. The predicted octanol–water partition coefficient (Wildman–Crippen LogP) is 5.20. The molecule has 6 aliphatic rings. The van der Waals surface area contributed by atoms with Crippen molar-refractivity contribution < 1.29 is 33.4 Å². The zero-order chi connectivity index (χ0) is 38.0. The number of piperidine rings is 2. The van der Waals surface area contributed by atoms with Gasteiger partial charge in [0.15, 0.2) is 0 Å². The van der Waals surface area contributed by atoms with Crippen LogP contribution in [0.4, 0.5) is 15.8 Å². The number of aryl methyl sites for hydroxylation is 1. The topological polar surface area (TPSA) is 115 Å². The first-order chi connectivity index (χ1) is 26.7. The van der Waals surface area contributed by atoms with Gasteiger partial charge >= 0.3 is 0 Å². The number of aromatic hydroxyl groups is 1. The Labute approximate surface area is 321 Å². The Balaban J connectivity index is 0.831. The van der Waals surface area contributed by atoms with Gasteiger partial charge in [-0.2, -0.15) is 0 Å². The van der Waals surface area contributed by atoms with Gasteiger partial charge in [0.1, 0.15) is 35.7 Å². The Morgan fingerprint density at radius 3 is 2.55 bits per heavy atom. The van der Waals surface area contributed by atoms with Crippen molar-refractivity contribution in [2.24, 2.45) is 11.8 Å². The van der Waals surface area contributed by atoms with Gasteiger partial charge in [-0.15, -0.1) is 0 Å². The summed E-state index contributed by atoms with van der Waals surface area (Å²) in [5.41, 5.74) is 6.11. The summed E-state index contributed by atoms with van der Waals surface area (Å²) in [6.07, 6.45) is 5.39. The van der Waals surface area contributed by atoms with Crippen molar-refractivity contribution in [2.45, 2.75) is 76.4 Å². The Hall–Kier alpha value is -4.84. The first-order valence-corrected chi connectivity index (χ1v) is 20.1. The molecule has 290 valence electrons. The van der Waals surface area contributed by atoms with E-state index >= 15 is 4.39 Å². The first-order valence-electron chi connectivity index (χ1n) is 20.1. The maximum atomic E-state index is 16.2. The number of benzene rings is 3. The number of methoxy groups -OCH3 is 1. The monoisotopic (exact) mass is 751 g/mol. The number of amides is 3. The molecule has 12 heteroatoms. The van der Waals surface area contributed by atoms with Crippen molar-refractivity contribution in [3.8, 4) is 17.2 Å². The number of ether oxygens (including phenoxy) is 2. The smallest absolute Gasteiger partial charge is 0.255 e. The van der Waals surface area contributed by atoms with E-state index in [9.17, 15) is 19.5 Å². The summed E-state index contributed by atoms with van der Waals surface area (Å²) in [4.78, 5) is 46.5. The molecule has 0 spiro atoms. The van der Waals surface area contributed by atoms with E-state index in [2.05, 4.69) is 26.9 Å². The molecule has 11 nitrogen and oxygen atoms in total. The van der Waals surface area contributed by atoms with E-state index in [1.54, 1.807) is 24.1 Å². The predicted molar refractivity (Wildman–Crippen MR) is 205 cm³/mol. The van der Waals surface area contributed by atoms with E-state index in [0.29, 0.717) is 48.3 Å². The van der Waals surface area contributed by atoms with Crippen LogP contribution in [0.25, 0.3) is 0 Å². The molecule has 5 heterocycles. The summed E-state index contributed by atoms with van der Waals surface area (Å²) in [6, 6.07) is 12.5. The number of nitrogens with one attached hydrogen (secondary N) is 1. The molecule has 4 atom stereocenters. The summed E-state index contributed by atoms with van der Waals surface area (Å²) in [5.74, 6) is 1.39. The van der Waals surface area contributed by atoms with Crippen molar-refractivity contribution in [3.63, 3.8) is 0 Å². The lowest BCUT2D eigenvalue weighted by Crippen LogP contribution is -2.58. The van der Waals surface area contributed by atoms with Crippen LogP contribution in [-0.2, 0) is 22.6 Å². The van der Waals surface area contributed by atoms with Gasteiger partial charge in [-0.3, -0.25) is 24.6 Å². The average Bonchev–Trinajstić information content (AvgIpc) is 3.53. The van der Waals surface area contributed by atoms with E-state index < -0.39 is 11.9 Å². The third kappa shape index (κ3) is 6.36. The summed E-state index contributed by atoms with van der Waals surface area (Å²) in [5, 5.41) is 12.5.